The molecule has 94 valence electrons. The molecular formula is C14H22N2S. The molecule has 1 saturated heterocycles. The summed E-state index contributed by atoms with van der Waals surface area (Å²) in [5.41, 5.74) is 2.42. The van der Waals surface area contributed by atoms with Crippen LogP contribution < -0.4 is 5.32 Å². The predicted molar refractivity (Wildman–Crippen MR) is 75.4 cm³/mol. The molecule has 2 rings (SSSR count). The van der Waals surface area contributed by atoms with Gasteiger partial charge in [-0.05, 0) is 62.3 Å². The number of rotatable bonds is 4. The first-order valence-electron chi connectivity index (χ1n) is 6.47. The van der Waals surface area contributed by atoms with Gasteiger partial charge >= 0.3 is 0 Å². The van der Waals surface area contributed by atoms with Gasteiger partial charge in [-0.1, -0.05) is 6.07 Å². The smallest absolute Gasteiger partial charge is 0.0372 e. The first-order chi connectivity index (χ1) is 8.29. The second-order valence-electron chi connectivity index (χ2n) is 4.87. The summed E-state index contributed by atoms with van der Waals surface area (Å²) in [6.07, 6.45) is 6.03. The summed E-state index contributed by atoms with van der Waals surface area (Å²) in [6, 6.07) is 4.79. The van der Waals surface area contributed by atoms with E-state index in [2.05, 4.69) is 41.2 Å². The molecule has 1 atom stereocenters. The summed E-state index contributed by atoms with van der Waals surface area (Å²) in [7, 11) is 2.06. The van der Waals surface area contributed by atoms with Crippen molar-refractivity contribution in [1.29, 1.82) is 0 Å². The quantitative estimate of drug-likeness (QED) is 0.888. The third kappa shape index (κ3) is 3.71. The highest BCUT2D eigenvalue weighted by Crippen LogP contribution is 2.30. The van der Waals surface area contributed by atoms with Crippen molar-refractivity contribution >= 4 is 11.8 Å². The van der Waals surface area contributed by atoms with Gasteiger partial charge in [-0.25, -0.2) is 0 Å². The molecule has 1 fully saturated rings. The van der Waals surface area contributed by atoms with E-state index in [1.54, 1.807) is 0 Å². The van der Waals surface area contributed by atoms with E-state index in [-0.39, 0.29) is 0 Å². The maximum Gasteiger partial charge on any atom is 0.0372 e. The van der Waals surface area contributed by atoms with E-state index < -0.39 is 0 Å². The number of nitrogens with zero attached hydrogens (tertiary/aromatic N) is 1. The second-order valence-corrected chi connectivity index (χ2v) is 6.09. The van der Waals surface area contributed by atoms with Crippen molar-refractivity contribution < 1.29 is 0 Å². The largest absolute Gasteiger partial charge is 0.313 e. The summed E-state index contributed by atoms with van der Waals surface area (Å²) >= 11 is 2.10. The molecule has 0 bridgehead atoms. The van der Waals surface area contributed by atoms with Crippen LogP contribution in [-0.2, 0) is 0 Å². The van der Waals surface area contributed by atoms with Gasteiger partial charge in [0.2, 0.25) is 0 Å². The Kier molecular flexibility index (Phi) is 4.86. The van der Waals surface area contributed by atoms with Crippen molar-refractivity contribution in [2.75, 3.05) is 18.6 Å². The van der Waals surface area contributed by atoms with Crippen LogP contribution in [0, 0.1) is 12.8 Å². The maximum absolute atomic E-state index is 4.40. The van der Waals surface area contributed by atoms with Crippen molar-refractivity contribution in [2.24, 2.45) is 5.92 Å². The molecule has 2 heterocycles. The molecule has 0 aliphatic carbocycles. The Balaban J connectivity index is 1.97. The molecule has 0 amide bonds. The van der Waals surface area contributed by atoms with Crippen LogP contribution in [0.4, 0.5) is 0 Å². The Bertz CT molecular complexity index is 331. The molecule has 0 radical (unpaired) electrons. The van der Waals surface area contributed by atoms with Crippen LogP contribution in [0.25, 0.3) is 0 Å². The van der Waals surface area contributed by atoms with Crippen molar-refractivity contribution in [3.8, 4) is 0 Å². The molecule has 0 spiro atoms. The lowest BCUT2D eigenvalue weighted by Crippen LogP contribution is -2.22. The first-order valence-corrected chi connectivity index (χ1v) is 7.62. The third-order valence-corrected chi connectivity index (χ3v) is 4.64. The van der Waals surface area contributed by atoms with Crippen LogP contribution >= 0.6 is 11.8 Å². The molecule has 0 saturated carbocycles. The van der Waals surface area contributed by atoms with E-state index in [0.29, 0.717) is 6.04 Å². The lowest BCUT2D eigenvalue weighted by molar-refractivity contribution is 0.383. The van der Waals surface area contributed by atoms with Crippen LogP contribution in [0.1, 0.15) is 36.6 Å². The SMILES string of the molecule is CNC(CC1CCSCC1)c1ccc(C)nc1. The molecule has 0 aromatic carbocycles. The van der Waals surface area contributed by atoms with Gasteiger partial charge in [0.05, 0.1) is 0 Å². The Hall–Kier alpha value is -0.540. The van der Waals surface area contributed by atoms with Crippen LogP contribution in [-0.4, -0.2) is 23.5 Å². The highest BCUT2D eigenvalue weighted by atomic mass is 32.2. The molecule has 1 aliphatic rings. The zero-order chi connectivity index (χ0) is 12.1. The zero-order valence-corrected chi connectivity index (χ0v) is 11.6. The van der Waals surface area contributed by atoms with E-state index >= 15 is 0 Å². The monoisotopic (exact) mass is 250 g/mol. The Labute approximate surface area is 109 Å². The first kappa shape index (κ1) is 12.9. The van der Waals surface area contributed by atoms with Gasteiger partial charge < -0.3 is 5.32 Å². The van der Waals surface area contributed by atoms with Gasteiger partial charge in [-0.3, -0.25) is 4.98 Å². The van der Waals surface area contributed by atoms with Crippen molar-refractivity contribution in [2.45, 2.75) is 32.2 Å². The topological polar surface area (TPSA) is 24.9 Å². The fourth-order valence-electron chi connectivity index (χ4n) is 2.42. The van der Waals surface area contributed by atoms with Gasteiger partial charge in [-0.2, -0.15) is 11.8 Å². The van der Waals surface area contributed by atoms with Gasteiger partial charge in [-0.15, -0.1) is 0 Å². The summed E-state index contributed by atoms with van der Waals surface area (Å²) in [5, 5.41) is 3.44. The van der Waals surface area contributed by atoms with Crippen LogP contribution in [0.2, 0.25) is 0 Å². The average Bonchev–Trinajstić information content (AvgIpc) is 2.38. The van der Waals surface area contributed by atoms with Crippen LogP contribution in [0.15, 0.2) is 18.3 Å². The molecule has 3 heteroatoms. The standard InChI is InChI=1S/C14H22N2S/c1-11-3-4-13(10-16-11)14(15-2)9-12-5-7-17-8-6-12/h3-4,10,12,14-15H,5-9H2,1-2H3. The van der Waals surface area contributed by atoms with Gasteiger partial charge in [0.1, 0.15) is 0 Å². The molecule has 1 aromatic rings. The number of hydrogen-bond donors (Lipinski definition) is 1. The molecular weight excluding hydrogens is 228 g/mol. The van der Waals surface area contributed by atoms with E-state index in [1.807, 2.05) is 13.1 Å². The Morgan fingerprint density at radius 1 is 1.41 bits per heavy atom. The van der Waals surface area contributed by atoms with Crippen molar-refractivity contribution in [3.05, 3.63) is 29.6 Å². The second kappa shape index (κ2) is 6.41. The predicted octanol–water partition coefficient (Wildman–Crippen LogP) is 3.18. The molecule has 2 nitrogen and oxygen atoms in total. The molecule has 1 aromatic heterocycles. The molecule has 1 aliphatic heterocycles. The van der Waals surface area contributed by atoms with Crippen molar-refractivity contribution in [3.63, 3.8) is 0 Å². The highest BCUT2D eigenvalue weighted by Gasteiger charge is 2.19. The fraction of sp³-hybridized carbons (Fsp3) is 0.643. The number of aryl methyl sites for hydroxylation is 1. The van der Waals surface area contributed by atoms with E-state index in [4.69, 9.17) is 0 Å². The van der Waals surface area contributed by atoms with Gasteiger partial charge in [0.15, 0.2) is 0 Å². The minimum Gasteiger partial charge on any atom is -0.313 e. The number of aromatic nitrogens is 1. The fourth-order valence-corrected chi connectivity index (χ4v) is 3.63. The lowest BCUT2D eigenvalue weighted by Gasteiger charge is -2.26. The zero-order valence-electron chi connectivity index (χ0n) is 10.8. The van der Waals surface area contributed by atoms with E-state index in [9.17, 15) is 0 Å². The number of hydrogen-bond acceptors (Lipinski definition) is 3. The van der Waals surface area contributed by atoms with Crippen LogP contribution in [0.5, 0.6) is 0 Å². The Morgan fingerprint density at radius 3 is 2.76 bits per heavy atom. The minimum atomic E-state index is 0.469. The van der Waals surface area contributed by atoms with Crippen LogP contribution in [0.3, 0.4) is 0 Å². The summed E-state index contributed by atoms with van der Waals surface area (Å²) < 4.78 is 0. The highest BCUT2D eigenvalue weighted by molar-refractivity contribution is 7.99. The summed E-state index contributed by atoms with van der Waals surface area (Å²) in [5.74, 6) is 3.57. The number of nitrogens with one attached hydrogen (secondary N) is 1. The van der Waals surface area contributed by atoms with E-state index in [1.165, 1.54) is 36.3 Å². The molecule has 1 unspecified atom stereocenters. The minimum absolute atomic E-state index is 0.469. The maximum atomic E-state index is 4.40. The van der Waals surface area contributed by atoms with E-state index in [0.717, 1.165) is 11.6 Å². The molecule has 17 heavy (non-hydrogen) atoms. The number of thioether (sulfide) groups is 1. The van der Waals surface area contributed by atoms with Gasteiger partial charge in [0.25, 0.3) is 0 Å². The van der Waals surface area contributed by atoms with Gasteiger partial charge in [0, 0.05) is 17.9 Å². The third-order valence-electron chi connectivity index (χ3n) is 3.59. The Morgan fingerprint density at radius 2 is 2.18 bits per heavy atom. The average molecular weight is 250 g/mol. The summed E-state index contributed by atoms with van der Waals surface area (Å²) in [4.78, 5) is 4.40. The van der Waals surface area contributed by atoms with Crippen molar-refractivity contribution in [1.82, 2.24) is 10.3 Å². The normalized spacial score (nSPS) is 19.2. The summed E-state index contributed by atoms with van der Waals surface area (Å²) in [6.45, 7) is 2.04. The number of pyridine rings is 1. The molecule has 1 N–H and O–H groups in total. The lowest BCUT2D eigenvalue weighted by atomic mass is 9.91.